The van der Waals surface area contributed by atoms with Crippen molar-refractivity contribution in [2.75, 3.05) is 9.80 Å². The number of benzene rings is 5. The van der Waals surface area contributed by atoms with E-state index in [-0.39, 0.29) is 0 Å². The van der Waals surface area contributed by atoms with Crippen LogP contribution >= 0.6 is 11.6 Å². The lowest BCUT2D eigenvalue weighted by Crippen LogP contribution is -2.15. The Morgan fingerprint density at radius 2 is 0.605 bits per heavy atom. The van der Waals surface area contributed by atoms with Gasteiger partial charge in [-0.3, -0.25) is 0 Å². The molecule has 0 unspecified atom stereocenters. The molecule has 2 nitrogen and oxygen atoms in total. The largest absolute Gasteiger partial charge is 0.309 e. The molecule has 0 saturated carbocycles. The minimum absolute atomic E-state index is 0.693. The predicted molar refractivity (Wildman–Crippen MR) is 165 cm³/mol. The summed E-state index contributed by atoms with van der Waals surface area (Å²) in [5, 5.41) is 0.693. The van der Waals surface area contributed by atoms with Crippen LogP contribution in [0.2, 0.25) is 5.02 Å². The third-order valence-electron chi connectivity index (χ3n) is 6.83. The Labute approximate surface area is 231 Å². The molecule has 0 aliphatic rings. The molecule has 0 aliphatic carbocycles. The lowest BCUT2D eigenvalue weighted by molar-refractivity contribution is 1.22. The number of aryl methyl sites for hydroxylation is 5. The molecule has 5 aromatic rings. The maximum atomic E-state index is 7.41. The van der Waals surface area contributed by atoms with Gasteiger partial charge in [-0.25, -0.2) is 0 Å². The van der Waals surface area contributed by atoms with E-state index in [9.17, 15) is 0 Å². The normalized spacial score (nSPS) is 10.9. The highest BCUT2D eigenvalue weighted by Crippen LogP contribution is 2.47. The molecule has 0 saturated heterocycles. The van der Waals surface area contributed by atoms with E-state index in [0.717, 1.165) is 39.7 Å². The Kier molecular flexibility index (Phi) is 7.26. The van der Waals surface area contributed by atoms with Gasteiger partial charge in [-0.05, 0) is 101 Å². The molecule has 0 atom stereocenters. The van der Waals surface area contributed by atoms with Gasteiger partial charge in [0.05, 0.1) is 16.4 Å². The highest BCUT2D eigenvalue weighted by Gasteiger charge is 2.23. The Morgan fingerprint density at radius 1 is 0.368 bits per heavy atom. The molecule has 0 N–H and O–H groups in total. The van der Waals surface area contributed by atoms with Crippen LogP contribution < -0.4 is 9.80 Å². The Morgan fingerprint density at radius 3 is 0.842 bits per heavy atom. The van der Waals surface area contributed by atoms with Gasteiger partial charge < -0.3 is 9.80 Å². The highest BCUT2D eigenvalue weighted by atomic mass is 35.5. The fraction of sp³-hybridized carbons (Fsp3) is 0.143. The van der Waals surface area contributed by atoms with E-state index < -0.39 is 0 Å². The van der Waals surface area contributed by atoms with Gasteiger partial charge in [-0.15, -0.1) is 0 Å². The Balaban J connectivity index is 1.74. The smallest absolute Gasteiger partial charge is 0.0887 e. The molecule has 5 aromatic carbocycles. The molecule has 0 heterocycles. The van der Waals surface area contributed by atoms with Crippen molar-refractivity contribution in [3.8, 4) is 0 Å². The standard InChI is InChI=1S/C35H33ClN2/c1-24-6-14-29(15-7-24)37(30-16-8-25(2)9-17-30)33-22-28(5)23-34(35(33)36)38(31-18-10-26(3)11-19-31)32-20-12-27(4)13-21-32/h6-23H,1-5H3. The minimum Gasteiger partial charge on any atom is -0.309 e. The predicted octanol–water partition coefficient (Wildman–Crippen LogP) is 10.8. The second kappa shape index (κ2) is 10.8. The van der Waals surface area contributed by atoms with Gasteiger partial charge in [-0.1, -0.05) is 82.4 Å². The van der Waals surface area contributed by atoms with Crippen molar-refractivity contribution in [3.63, 3.8) is 0 Å². The van der Waals surface area contributed by atoms with Crippen LogP contribution in [0.1, 0.15) is 27.8 Å². The summed E-state index contributed by atoms with van der Waals surface area (Å²) in [4.78, 5) is 4.50. The van der Waals surface area contributed by atoms with Crippen LogP contribution in [0.5, 0.6) is 0 Å². The van der Waals surface area contributed by atoms with Crippen molar-refractivity contribution < 1.29 is 0 Å². The molecule has 0 aliphatic heterocycles. The lowest BCUT2D eigenvalue weighted by Gasteiger charge is -2.31. The summed E-state index contributed by atoms with van der Waals surface area (Å²) in [5.41, 5.74) is 12.2. The van der Waals surface area contributed by atoms with Crippen LogP contribution in [0.25, 0.3) is 0 Å². The van der Waals surface area contributed by atoms with Crippen LogP contribution in [-0.2, 0) is 0 Å². The van der Waals surface area contributed by atoms with Crippen LogP contribution in [0, 0.1) is 34.6 Å². The van der Waals surface area contributed by atoms with Crippen molar-refractivity contribution in [2.24, 2.45) is 0 Å². The fourth-order valence-corrected chi connectivity index (χ4v) is 4.96. The molecule has 0 radical (unpaired) electrons. The van der Waals surface area contributed by atoms with Crippen molar-refractivity contribution in [1.82, 2.24) is 0 Å². The first-order valence-corrected chi connectivity index (χ1v) is 13.3. The van der Waals surface area contributed by atoms with Gasteiger partial charge in [0.25, 0.3) is 0 Å². The van der Waals surface area contributed by atoms with E-state index in [1.165, 1.54) is 22.3 Å². The summed E-state index contributed by atoms with van der Waals surface area (Å²) in [6.07, 6.45) is 0. The van der Waals surface area contributed by atoms with Gasteiger partial charge in [0.1, 0.15) is 0 Å². The zero-order valence-corrected chi connectivity index (χ0v) is 23.4. The first-order valence-electron chi connectivity index (χ1n) is 13.0. The van der Waals surface area contributed by atoms with Crippen molar-refractivity contribution >= 4 is 45.7 Å². The summed E-state index contributed by atoms with van der Waals surface area (Å²) in [6.45, 7) is 10.6. The van der Waals surface area contributed by atoms with E-state index in [4.69, 9.17) is 11.6 Å². The molecule has 0 aromatic heterocycles. The number of hydrogen-bond acceptors (Lipinski definition) is 2. The third kappa shape index (κ3) is 5.32. The zero-order chi connectivity index (χ0) is 26.8. The first kappa shape index (κ1) is 25.6. The maximum Gasteiger partial charge on any atom is 0.0887 e. The highest BCUT2D eigenvalue weighted by molar-refractivity contribution is 6.36. The van der Waals surface area contributed by atoms with E-state index in [0.29, 0.717) is 5.02 Å². The molecule has 0 fully saturated rings. The van der Waals surface area contributed by atoms with Gasteiger partial charge in [0.2, 0.25) is 0 Å². The molecule has 0 amide bonds. The molecule has 5 rings (SSSR count). The van der Waals surface area contributed by atoms with Crippen LogP contribution in [0.3, 0.4) is 0 Å². The Hall–Kier alpha value is -4.01. The molecular weight excluding hydrogens is 484 g/mol. The molecule has 3 heteroatoms. The van der Waals surface area contributed by atoms with E-state index in [2.05, 4.69) is 154 Å². The molecular formula is C35H33ClN2. The average molecular weight is 517 g/mol. The second-order valence-corrected chi connectivity index (χ2v) is 10.5. The quantitative estimate of drug-likeness (QED) is 0.221. The zero-order valence-electron chi connectivity index (χ0n) is 22.7. The number of anilines is 6. The van der Waals surface area contributed by atoms with Gasteiger partial charge in [0.15, 0.2) is 0 Å². The van der Waals surface area contributed by atoms with Crippen molar-refractivity contribution in [2.45, 2.75) is 34.6 Å². The Bertz CT molecular complexity index is 1330. The average Bonchev–Trinajstić information content (AvgIpc) is 2.91. The van der Waals surface area contributed by atoms with Gasteiger partial charge >= 0.3 is 0 Å². The SMILES string of the molecule is Cc1ccc(N(c2ccc(C)cc2)c2cc(C)cc(N(c3ccc(C)cc3)c3ccc(C)cc3)c2Cl)cc1. The molecule has 190 valence electrons. The molecule has 0 bridgehead atoms. The van der Waals surface area contributed by atoms with Gasteiger partial charge in [-0.2, -0.15) is 0 Å². The fourth-order valence-electron chi connectivity index (χ4n) is 4.69. The van der Waals surface area contributed by atoms with Gasteiger partial charge in [0, 0.05) is 22.7 Å². The van der Waals surface area contributed by atoms with Crippen molar-refractivity contribution in [3.05, 3.63) is 142 Å². The van der Waals surface area contributed by atoms with E-state index >= 15 is 0 Å². The number of rotatable bonds is 6. The summed E-state index contributed by atoms with van der Waals surface area (Å²) >= 11 is 7.41. The topological polar surface area (TPSA) is 6.48 Å². The monoisotopic (exact) mass is 516 g/mol. The third-order valence-corrected chi connectivity index (χ3v) is 7.22. The number of halogens is 1. The summed E-state index contributed by atoms with van der Waals surface area (Å²) in [6, 6.07) is 38.8. The van der Waals surface area contributed by atoms with Crippen molar-refractivity contribution in [1.29, 1.82) is 0 Å². The second-order valence-electron chi connectivity index (χ2n) is 10.1. The minimum atomic E-state index is 0.693. The lowest BCUT2D eigenvalue weighted by atomic mass is 10.1. The number of nitrogens with zero attached hydrogens (tertiary/aromatic N) is 2. The molecule has 38 heavy (non-hydrogen) atoms. The maximum absolute atomic E-state index is 7.41. The van der Waals surface area contributed by atoms with Crippen LogP contribution in [0.4, 0.5) is 34.1 Å². The summed E-state index contributed by atoms with van der Waals surface area (Å²) in [7, 11) is 0. The first-order chi connectivity index (χ1) is 18.3. The van der Waals surface area contributed by atoms with E-state index in [1.807, 2.05) is 0 Å². The number of hydrogen-bond donors (Lipinski definition) is 0. The summed E-state index contributed by atoms with van der Waals surface area (Å²) in [5.74, 6) is 0. The van der Waals surface area contributed by atoms with E-state index in [1.54, 1.807) is 0 Å². The summed E-state index contributed by atoms with van der Waals surface area (Å²) < 4.78 is 0. The molecule has 0 spiro atoms. The van der Waals surface area contributed by atoms with Crippen LogP contribution in [0.15, 0.2) is 109 Å². The van der Waals surface area contributed by atoms with Crippen LogP contribution in [-0.4, -0.2) is 0 Å².